The Bertz CT molecular complexity index is 312. The van der Waals surface area contributed by atoms with Gasteiger partial charge in [-0.1, -0.05) is 18.2 Å². The third kappa shape index (κ3) is 4.33. The third-order valence-corrected chi connectivity index (χ3v) is 1.57. The Hall–Kier alpha value is -0.225. The maximum absolute atomic E-state index is 10.6. The first-order chi connectivity index (χ1) is 5.61. The van der Waals surface area contributed by atoms with E-state index in [1.165, 1.54) is 24.3 Å². The van der Waals surface area contributed by atoms with Crippen molar-refractivity contribution in [1.82, 2.24) is 0 Å². The van der Waals surface area contributed by atoms with E-state index in [4.69, 9.17) is 0 Å². The molecule has 3 nitrogen and oxygen atoms in total. The number of carboxylic acid groups (broad SMARTS) is 1. The van der Waals surface area contributed by atoms with Crippen molar-refractivity contribution in [3.8, 4) is 0 Å². The monoisotopic (exact) mass is 194 g/mol. The van der Waals surface area contributed by atoms with E-state index < -0.39 is 11.1 Å². The predicted molar refractivity (Wildman–Crippen MR) is 42.5 cm³/mol. The second-order valence-electron chi connectivity index (χ2n) is 2.16. The standard InChI is InChI=1S/C8H6O3S.2Li/c9-7(10)5-2-1-3-6(4-5)8(11)12;;/h1-4H,(H,9,10)(H,11,12);;/q;2*+1/p-2. The van der Waals surface area contributed by atoms with E-state index >= 15 is 0 Å². The van der Waals surface area contributed by atoms with Gasteiger partial charge in [-0.2, -0.15) is 0 Å². The third-order valence-electron chi connectivity index (χ3n) is 1.33. The zero-order chi connectivity index (χ0) is 9.14. The summed E-state index contributed by atoms with van der Waals surface area (Å²) in [5.74, 6) is -1.31. The molecule has 1 aromatic carbocycles. The van der Waals surface area contributed by atoms with Crippen molar-refractivity contribution in [2.24, 2.45) is 0 Å². The summed E-state index contributed by atoms with van der Waals surface area (Å²) in [7, 11) is 0. The molecule has 0 amide bonds. The maximum atomic E-state index is 10.6. The van der Waals surface area contributed by atoms with Crippen LogP contribution in [0.1, 0.15) is 20.7 Å². The van der Waals surface area contributed by atoms with Crippen molar-refractivity contribution in [1.29, 1.82) is 0 Å². The van der Waals surface area contributed by atoms with Gasteiger partial charge >= 0.3 is 37.7 Å². The van der Waals surface area contributed by atoms with Gasteiger partial charge < -0.3 is 27.3 Å². The van der Waals surface area contributed by atoms with E-state index in [0.717, 1.165) is 0 Å². The first-order valence-electron chi connectivity index (χ1n) is 3.14. The van der Waals surface area contributed by atoms with E-state index in [2.05, 4.69) is 12.6 Å². The zero-order valence-electron chi connectivity index (χ0n) is 7.94. The molecular formula is C8H4Li2O3S. The molecule has 0 unspecified atom stereocenters. The van der Waals surface area contributed by atoms with Crippen molar-refractivity contribution >= 4 is 23.7 Å². The van der Waals surface area contributed by atoms with Gasteiger partial charge in [0.05, 0.1) is 5.97 Å². The van der Waals surface area contributed by atoms with Gasteiger partial charge in [-0.05, 0) is 17.2 Å². The quantitative estimate of drug-likeness (QED) is 0.347. The van der Waals surface area contributed by atoms with Crippen LogP contribution < -0.4 is 42.8 Å². The van der Waals surface area contributed by atoms with Crippen LogP contribution in [-0.4, -0.2) is 11.1 Å². The topological polar surface area (TPSA) is 57.2 Å². The zero-order valence-corrected chi connectivity index (χ0v) is 8.76. The van der Waals surface area contributed by atoms with Gasteiger partial charge in [0, 0.05) is 5.12 Å². The van der Waals surface area contributed by atoms with Gasteiger partial charge in [0.2, 0.25) is 0 Å². The molecule has 0 fully saturated rings. The largest absolute Gasteiger partial charge is 1.00 e. The molecule has 6 heteroatoms. The number of hydrogen-bond acceptors (Lipinski definition) is 4. The van der Waals surface area contributed by atoms with E-state index in [1.807, 2.05) is 0 Å². The van der Waals surface area contributed by atoms with Crippen molar-refractivity contribution in [3.05, 3.63) is 35.4 Å². The first-order valence-corrected chi connectivity index (χ1v) is 3.55. The molecule has 0 aliphatic heterocycles. The van der Waals surface area contributed by atoms with Crippen LogP contribution in [0, 0.1) is 0 Å². The van der Waals surface area contributed by atoms with Crippen LogP contribution in [0.3, 0.4) is 0 Å². The molecule has 0 bridgehead atoms. The Morgan fingerprint density at radius 3 is 2.07 bits per heavy atom. The Morgan fingerprint density at radius 1 is 1.14 bits per heavy atom. The van der Waals surface area contributed by atoms with E-state index in [0.29, 0.717) is 0 Å². The Balaban J connectivity index is 0. The Morgan fingerprint density at radius 2 is 1.64 bits per heavy atom. The van der Waals surface area contributed by atoms with Crippen LogP contribution in [0.15, 0.2) is 24.3 Å². The molecule has 0 saturated heterocycles. The molecule has 62 valence electrons. The predicted octanol–water partition coefficient (Wildman–Crippen LogP) is -6.25. The molecule has 0 radical (unpaired) electrons. The minimum atomic E-state index is -1.31. The first kappa shape index (κ1) is 16.2. The normalized spacial score (nSPS) is 8.00. The fraction of sp³-hybridized carbons (Fsp3) is 0. The average Bonchev–Trinajstić information content (AvgIpc) is 2.04. The van der Waals surface area contributed by atoms with Crippen LogP contribution in [0.5, 0.6) is 0 Å². The number of benzene rings is 1. The summed E-state index contributed by atoms with van der Waals surface area (Å²) in [6, 6.07) is 5.45. The molecule has 0 heterocycles. The summed E-state index contributed by atoms with van der Waals surface area (Å²) in [6.07, 6.45) is 0. The van der Waals surface area contributed by atoms with Gasteiger partial charge in [0.1, 0.15) is 0 Å². The summed E-state index contributed by atoms with van der Waals surface area (Å²) in [5.41, 5.74) is 0.164. The Kier molecular flexibility index (Phi) is 8.24. The maximum Gasteiger partial charge on any atom is 1.00 e. The molecule has 0 aliphatic rings. The molecule has 0 spiro atoms. The molecule has 1 aromatic rings. The number of rotatable bonds is 2. The van der Waals surface area contributed by atoms with Crippen LogP contribution in [0.25, 0.3) is 0 Å². The molecular weight excluding hydrogens is 190 g/mol. The van der Waals surface area contributed by atoms with Crippen LogP contribution >= 0.6 is 0 Å². The molecule has 0 aliphatic carbocycles. The molecule has 1 rings (SSSR count). The minimum Gasteiger partial charge on any atom is -0.737 e. The second kappa shape index (κ2) is 7.12. The molecule has 14 heavy (non-hydrogen) atoms. The van der Waals surface area contributed by atoms with Crippen molar-refractivity contribution < 1.29 is 52.4 Å². The van der Waals surface area contributed by atoms with Crippen molar-refractivity contribution in [2.75, 3.05) is 0 Å². The van der Waals surface area contributed by atoms with Gasteiger partial charge in [0.15, 0.2) is 0 Å². The number of carbonyl (C=O) groups is 2. The number of carboxylic acids is 1. The van der Waals surface area contributed by atoms with Gasteiger partial charge in [-0.15, -0.1) is 0 Å². The molecule has 0 saturated carbocycles. The SMILES string of the molecule is O=C([O-])c1cccc(C(=O)[S-])c1.[Li+].[Li+]. The van der Waals surface area contributed by atoms with E-state index in [9.17, 15) is 14.7 Å². The smallest absolute Gasteiger partial charge is 0.737 e. The van der Waals surface area contributed by atoms with Gasteiger partial charge in [0.25, 0.3) is 0 Å². The summed E-state index contributed by atoms with van der Waals surface area (Å²) >= 11 is 4.34. The van der Waals surface area contributed by atoms with Crippen LogP contribution in [0.2, 0.25) is 0 Å². The Labute approximate surface area is 111 Å². The van der Waals surface area contributed by atoms with E-state index in [1.54, 1.807) is 0 Å². The number of carbonyl (C=O) groups excluding carboxylic acids is 2. The summed E-state index contributed by atoms with van der Waals surface area (Å²) < 4.78 is 0. The van der Waals surface area contributed by atoms with Crippen molar-refractivity contribution in [3.63, 3.8) is 0 Å². The molecule has 0 atom stereocenters. The average molecular weight is 194 g/mol. The van der Waals surface area contributed by atoms with Crippen molar-refractivity contribution in [2.45, 2.75) is 0 Å². The minimum absolute atomic E-state index is 0. The second-order valence-corrected chi connectivity index (χ2v) is 2.53. The van der Waals surface area contributed by atoms with Crippen LogP contribution in [-0.2, 0) is 12.6 Å². The summed E-state index contributed by atoms with van der Waals surface area (Å²) in [4.78, 5) is 20.9. The molecule has 0 N–H and O–H groups in total. The summed E-state index contributed by atoms with van der Waals surface area (Å²) in [6.45, 7) is 0. The number of hydrogen-bond donors (Lipinski definition) is 0. The van der Waals surface area contributed by atoms with Gasteiger partial charge in [-0.3, -0.25) is 0 Å². The molecule has 0 aromatic heterocycles. The fourth-order valence-electron chi connectivity index (χ4n) is 0.773. The van der Waals surface area contributed by atoms with Crippen LogP contribution in [0.4, 0.5) is 0 Å². The van der Waals surface area contributed by atoms with Gasteiger partial charge in [-0.25, -0.2) is 0 Å². The van der Waals surface area contributed by atoms with E-state index in [-0.39, 0.29) is 48.8 Å². The number of aromatic carboxylic acids is 1. The fourth-order valence-corrected chi connectivity index (χ4v) is 0.900. The summed E-state index contributed by atoms with van der Waals surface area (Å²) in [5, 5.41) is 9.75.